The zero-order valence-electron chi connectivity index (χ0n) is 17.3. The molecule has 1 aliphatic carbocycles. The van der Waals surface area contributed by atoms with Crippen LogP contribution in [-0.2, 0) is 4.74 Å². The van der Waals surface area contributed by atoms with Crippen molar-refractivity contribution in [1.82, 2.24) is 19.4 Å². The van der Waals surface area contributed by atoms with Crippen LogP contribution in [0.2, 0.25) is 0 Å². The molecule has 1 amide bonds. The first-order chi connectivity index (χ1) is 14.6. The van der Waals surface area contributed by atoms with Crippen molar-refractivity contribution in [2.24, 2.45) is 5.73 Å². The van der Waals surface area contributed by atoms with E-state index in [9.17, 15) is 9.59 Å². The fourth-order valence-corrected chi connectivity index (χ4v) is 4.36. The monoisotopic (exact) mass is 414 g/mol. The summed E-state index contributed by atoms with van der Waals surface area (Å²) in [5.74, 6) is -0.211. The second-order valence-electron chi connectivity index (χ2n) is 8.10. The van der Waals surface area contributed by atoms with Gasteiger partial charge in [-0.1, -0.05) is 19.3 Å². The van der Waals surface area contributed by atoms with Crippen LogP contribution in [0.15, 0.2) is 17.2 Å². The van der Waals surface area contributed by atoms with Crippen LogP contribution in [-0.4, -0.2) is 64.7 Å². The minimum absolute atomic E-state index is 0.00268. The van der Waals surface area contributed by atoms with Crippen molar-refractivity contribution in [3.8, 4) is 0 Å². The van der Waals surface area contributed by atoms with Gasteiger partial charge in [0.1, 0.15) is 11.2 Å². The molecule has 3 N–H and O–H groups in total. The van der Waals surface area contributed by atoms with Crippen molar-refractivity contribution in [3.05, 3.63) is 28.2 Å². The van der Waals surface area contributed by atoms with Gasteiger partial charge in [-0.2, -0.15) is 4.98 Å². The van der Waals surface area contributed by atoms with E-state index in [1.807, 2.05) is 4.57 Å². The normalized spacial score (nSPS) is 18.5. The number of rotatable bonds is 7. The Bertz CT molecular complexity index is 948. The first kappa shape index (κ1) is 20.7. The van der Waals surface area contributed by atoms with Crippen LogP contribution >= 0.6 is 0 Å². The Hall–Kier alpha value is -2.52. The number of nitrogens with one attached hydrogen (secondary N) is 1. The number of anilines is 1. The van der Waals surface area contributed by atoms with E-state index < -0.39 is 11.3 Å². The predicted molar refractivity (Wildman–Crippen MR) is 115 cm³/mol. The van der Waals surface area contributed by atoms with Gasteiger partial charge in [-0.05, 0) is 25.8 Å². The summed E-state index contributed by atoms with van der Waals surface area (Å²) in [5.41, 5.74) is 5.63. The molecule has 1 aliphatic heterocycles. The molecule has 9 nitrogen and oxygen atoms in total. The molecular formula is C21H30N6O3. The number of carbonyl (C=O) groups is 1. The summed E-state index contributed by atoms with van der Waals surface area (Å²) in [6.45, 7) is 5.29. The summed E-state index contributed by atoms with van der Waals surface area (Å²) in [4.78, 5) is 35.9. The number of ether oxygens (including phenoxy) is 1. The lowest BCUT2D eigenvalue weighted by Gasteiger charge is -2.26. The van der Waals surface area contributed by atoms with E-state index in [4.69, 9.17) is 10.5 Å². The van der Waals surface area contributed by atoms with E-state index in [2.05, 4.69) is 20.2 Å². The van der Waals surface area contributed by atoms with Gasteiger partial charge < -0.3 is 20.4 Å². The summed E-state index contributed by atoms with van der Waals surface area (Å²) >= 11 is 0. The molecular weight excluding hydrogens is 384 g/mol. The Labute approximate surface area is 175 Å². The largest absolute Gasteiger partial charge is 0.379 e. The highest BCUT2D eigenvalue weighted by molar-refractivity contribution is 5.95. The van der Waals surface area contributed by atoms with Crippen LogP contribution in [0.1, 0.15) is 54.9 Å². The van der Waals surface area contributed by atoms with Gasteiger partial charge in [-0.3, -0.25) is 14.5 Å². The summed E-state index contributed by atoms with van der Waals surface area (Å²) in [6, 6.07) is 0.212. The first-order valence-corrected chi connectivity index (χ1v) is 10.9. The fraction of sp³-hybridized carbons (Fsp3) is 0.619. The Morgan fingerprint density at radius 2 is 2.00 bits per heavy atom. The van der Waals surface area contributed by atoms with E-state index in [0.717, 1.165) is 71.5 Å². The van der Waals surface area contributed by atoms with Gasteiger partial charge >= 0.3 is 0 Å². The molecule has 1 saturated heterocycles. The number of amides is 1. The number of primary amides is 1. The minimum atomic E-state index is -0.711. The third kappa shape index (κ3) is 4.62. The van der Waals surface area contributed by atoms with Crippen molar-refractivity contribution in [1.29, 1.82) is 0 Å². The molecule has 4 rings (SSSR count). The van der Waals surface area contributed by atoms with Crippen molar-refractivity contribution in [2.75, 3.05) is 44.7 Å². The average Bonchev–Trinajstić information content (AvgIpc) is 2.78. The number of aromatic nitrogens is 3. The molecule has 0 unspecified atom stereocenters. The van der Waals surface area contributed by atoms with Crippen molar-refractivity contribution >= 4 is 22.9 Å². The van der Waals surface area contributed by atoms with E-state index >= 15 is 0 Å². The average molecular weight is 415 g/mol. The van der Waals surface area contributed by atoms with E-state index in [-0.39, 0.29) is 11.6 Å². The van der Waals surface area contributed by atoms with Gasteiger partial charge in [0.15, 0.2) is 0 Å². The van der Waals surface area contributed by atoms with Crippen LogP contribution in [0.25, 0.3) is 11.0 Å². The lowest BCUT2D eigenvalue weighted by Crippen LogP contribution is -2.37. The predicted octanol–water partition coefficient (Wildman–Crippen LogP) is 1.53. The maximum absolute atomic E-state index is 12.7. The lowest BCUT2D eigenvalue weighted by atomic mass is 9.95. The molecule has 30 heavy (non-hydrogen) atoms. The van der Waals surface area contributed by atoms with Gasteiger partial charge in [-0.25, -0.2) is 4.98 Å². The molecule has 3 heterocycles. The maximum Gasteiger partial charge on any atom is 0.254 e. The molecule has 2 aromatic heterocycles. The van der Waals surface area contributed by atoms with Gasteiger partial charge in [0.05, 0.1) is 18.6 Å². The second kappa shape index (κ2) is 9.53. The number of morpholine rings is 1. The highest BCUT2D eigenvalue weighted by Crippen LogP contribution is 2.30. The molecule has 1 saturated carbocycles. The smallest absolute Gasteiger partial charge is 0.254 e. The molecule has 0 bridgehead atoms. The maximum atomic E-state index is 12.7. The SMILES string of the molecule is NC(=O)c1cn(C2CCCCC2)c2nc(NCCCN3CCOCC3)ncc2c1=O. The quantitative estimate of drug-likeness (QED) is 0.660. The molecule has 0 spiro atoms. The van der Waals surface area contributed by atoms with Gasteiger partial charge in [0.25, 0.3) is 5.91 Å². The highest BCUT2D eigenvalue weighted by atomic mass is 16.5. The number of carbonyl (C=O) groups excluding carboxylic acids is 1. The van der Waals surface area contributed by atoms with Crippen LogP contribution in [0, 0.1) is 0 Å². The molecule has 2 aromatic rings. The van der Waals surface area contributed by atoms with Crippen molar-refractivity contribution < 1.29 is 9.53 Å². The minimum Gasteiger partial charge on any atom is -0.379 e. The topological polar surface area (TPSA) is 115 Å². The summed E-state index contributed by atoms with van der Waals surface area (Å²) in [7, 11) is 0. The molecule has 0 aromatic carbocycles. The van der Waals surface area contributed by atoms with Gasteiger partial charge in [0.2, 0.25) is 11.4 Å². The van der Waals surface area contributed by atoms with Crippen molar-refractivity contribution in [3.63, 3.8) is 0 Å². The number of nitrogens with zero attached hydrogens (tertiary/aromatic N) is 4. The van der Waals surface area contributed by atoms with E-state index in [1.165, 1.54) is 12.6 Å². The van der Waals surface area contributed by atoms with Crippen LogP contribution in [0.3, 0.4) is 0 Å². The van der Waals surface area contributed by atoms with Crippen LogP contribution in [0.5, 0.6) is 0 Å². The molecule has 2 fully saturated rings. The molecule has 0 radical (unpaired) electrons. The van der Waals surface area contributed by atoms with E-state index in [1.54, 1.807) is 6.20 Å². The first-order valence-electron chi connectivity index (χ1n) is 10.9. The van der Waals surface area contributed by atoms with Gasteiger partial charge in [-0.15, -0.1) is 0 Å². The Kier molecular flexibility index (Phi) is 6.59. The van der Waals surface area contributed by atoms with Crippen LogP contribution < -0.4 is 16.5 Å². The standard InChI is InChI=1S/C21H30N6O3/c22-19(29)17-14-27(15-5-2-1-3-6-15)20-16(18(17)28)13-24-21(25-20)23-7-4-8-26-9-11-30-12-10-26/h13-15H,1-12H2,(H2,22,29)(H,23,24,25). The molecule has 9 heteroatoms. The summed E-state index contributed by atoms with van der Waals surface area (Å²) in [6.07, 6.45) is 9.55. The fourth-order valence-electron chi connectivity index (χ4n) is 4.36. The lowest BCUT2D eigenvalue weighted by molar-refractivity contribution is 0.0378. The summed E-state index contributed by atoms with van der Waals surface area (Å²) in [5, 5.41) is 3.62. The highest BCUT2D eigenvalue weighted by Gasteiger charge is 2.21. The Morgan fingerprint density at radius 1 is 1.23 bits per heavy atom. The molecule has 0 atom stereocenters. The molecule has 2 aliphatic rings. The number of nitrogens with two attached hydrogens (primary N) is 1. The van der Waals surface area contributed by atoms with Crippen LogP contribution in [0.4, 0.5) is 5.95 Å². The number of pyridine rings is 1. The number of fused-ring (bicyclic) bond motifs is 1. The Morgan fingerprint density at radius 3 is 2.73 bits per heavy atom. The number of hydrogen-bond donors (Lipinski definition) is 2. The molecule has 162 valence electrons. The Balaban J connectivity index is 1.54. The van der Waals surface area contributed by atoms with Gasteiger partial charge in [0, 0.05) is 38.1 Å². The third-order valence-corrected chi connectivity index (χ3v) is 6.04. The zero-order chi connectivity index (χ0) is 20.9. The zero-order valence-corrected chi connectivity index (χ0v) is 17.3. The third-order valence-electron chi connectivity index (χ3n) is 6.04. The van der Waals surface area contributed by atoms with E-state index in [0.29, 0.717) is 17.0 Å². The van der Waals surface area contributed by atoms with Crippen molar-refractivity contribution in [2.45, 2.75) is 44.6 Å². The second-order valence-corrected chi connectivity index (χ2v) is 8.10. The summed E-state index contributed by atoms with van der Waals surface area (Å²) < 4.78 is 7.34. The number of hydrogen-bond acceptors (Lipinski definition) is 7.